The molecule has 0 aliphatic rings. The smallest absolute Gasteiger partial charge is 0.123 e. The van der Waals surface area contributed by atoms with Crippen molar-refractivity contribution in [2.24, 2.45) is 0 Å². The van der Waals surface area contributed by atoms with Gasteiger partial charge in [-0.05, 0) is 35.4 Å². The van der Waals surface area contributed by atoms with E-state index in [1.165, 1.54) is 24.3 Å². The average molecular weight is 381 g/mol. The molecule has 0 unspecified atom stereocenters. The summed E-state index contributed by atoms with van der Waals surface area (Å²) in [5, 5.41) is 28.3. The van der Waals surface area contributed by atoms with Gasteiger partial charge in [-0.1, -0.05) is 24.3 Å². The summed E-state index contributed by atoms with van der Waals surface area (Å²) in [5.74, 6) is -0.749. The molecule has 5 nitrogen and oxygen atoms in total. The number of rotatable bonds is 11. The first-order chi connectivity index (χ1) is 13.0. The Hall–Kier alpha value is -1.90. The molecule has 3 N–H and O–H groups in total. The largest absolute Gasteiger partial charge is 0.395 e. The van der Waals surface area contributed by atoms with Crippen LogP contribution in [0.15, 0.2) is 48.5 Å². The first kappa shape index (κ1) is 21.4. The quantitative estimate of drug-likeness (QED) is 0.553. The molecule has 27 heavy (non-hydrogen) atoms. The number of hydrogen-bond donors (Lipinski definition) is 3. The number of aliphatic hydroxyl groups excluding tert-OH is 3. The molecule has 0 amide bonds. The Labute approximate surface area is 157 Å². The van der Waals surface area contributed by atoms with Gasteiger partial charge in [0.25, 0.3) is 0 Å². The van der Waals surface area contributed by atoms with Gasteiger partial charge in [-0.25, -0.2) is 8.78 Å². The predicted octanol–water partition coefficient (Wildman–Crippen LogP) is 1.72. The molecule has 0 spiro atoms. The Bertz CT molecular complexity index is 615. The monoisotopic (exact) mass is 381 g/mol. The summed E-state index contributed by atoms with van der Waals surface area (Å²) in [5.41, 5.74) is 1.36. The number of benzene rings is 2. The van der Waals surface area contributed by atoms with Gasteiger partial charge in [-0.3, -0.25) is 4.90 Å². The number of hydrogen-bond acceptors (Lipinski definition) is 5. The third-order valence-corrected chi connectivity index (χ3v) is 4.10. The van der Waals surface area contributed by atoms with Crippen molar-refractivity contribution in [3.63, 3.8) is 0 Å². The van der Waals surface area contributed by atoms with Crippen LogP contribution in [0.25, 0.3) is 0 Å². The van der Waals surface area contributed by atoms with Crippen LogP contribution in [0.5, 0.6) is 0 Å². The zero-order valence-electron chi connectivity index (χ0n) is 15.0. The lowest BCUT2D eigenvalue weighted by molar-refractivity contribution is -0.0117. The predicted molar refractivity (Wildman–Crippen MR) is 97.2 cm³/mol. The average Bonchev–Trinajstić information content (AvgIpc) is 2.65. The topological polar surface area (TPSA) is 73.2 Å². The minimum absolute atomic E-state index is 0.0211. The van der Waals surface area contributed by atoms with Crippen LogP contribution in [-0.2, 0) is 4.74 Å². The Morgan fingerprint density at radius 2 is 1.26 bits per heavy atom. The highest BCUT2D eigenvalue weighted by atomic mass is 19.1. The minimum atomic E-state index is -0.855. The molecule has 148 valence electrons. The summed E-state index contributed by atoms with van der Waals surface area (Å²) in [4.78, 5) is 1.72. The van der Waals surface area contributed by atoms with Gasteiger partial charge in [0.05, 0.1) is 25.9 Å². The lowest BCUT2D eigenvalue weighted by Crippen LogP contribution is -2.38. The van der Waals surface area contributed by atoms with E-state index in [1.807, 2.05) is 0 Å². The summed E-state index contributed by atoms with van der Waals surface area (Å²) < 4.78 is 32.3. The first-order valence-corrected chi connectivity index (χ1v) is 8.78. The number of aliphatic hydroxyl groups is 3. The minimum Gasteiger partial charge on any atom is -0.395 e. The van der Waals surface area contributed by atoms with E-state index in [2.05, 4.69) is 0 Å². The highest BCUT2D eigenvalue weighted by molar-refractivity contribution is 5.30. The second-order valence-electron chi connectivity index (χ2n) is 6.22. The maximum atomic E-state index is 13.2. The number of halogens is 2. The van der Waals surface area contributed by atoms with E-state index >= 15 is 0 Å². The standard InChI is InChI=1S/C20H25F2NO4/c21-17-5-1-15(2-6-17)20(16-3-7-18(22)8-4-16)27-14-19(26)13-23(9-11-24)10-12-25/h1-8,19-20,24-26H,9-14H2/t19-/m0/s1. The van der Waals surface area contributed by atoms with Gasteiger partial charge in [0.15, 0.2) is 0 Å². The number of nitrogens with zero attached hydrogens (tertiary/aromatic N) is 1. The van der Waals surface area contributed by atoms with Crippen LogP contribution in [0, 0.1) is 11.6 Å². The normalized spacial score (nSPS) is 12.7. The van der Waals surface area contributed by atoms with Crippen LogP contribution in [0.2, 0.25) is 0 Å². The van der Waals surface area contributed by atoms with Gasteiger partial charge < -0.3 is 20.1 Å². The Kier molecular flexibility index (Phi) is 8.77. The van der Waals surface area contributed by atoms with Crippen molar-refractivity contribution < 1.29 is 28.8 Å². The molecule has 0 aliphatic carbocycles. The fraction of sp³-hybridized carbons (Fsp3) is 0.400. The van der Waals surface area contributed by atoms with Crippen molar-refractivity contribution in [2.75, 3.05) is 39.5 Å². The summed E-state index contributed by atoms with van der Waals surface area (Å²) in [6.45, 7) is 0.699. The van der Waals surface area contributed by atoms with Crippen molar-refractivity contribution in [1.82, 2.24) is 4.90 Å². The van der Waals surface area contributed by atoms with Crippen molar-refractivity contribution in [3.8, 4) is 0 Å². The second-order valence-corrected chi connectivity index (χ2v) is 6.22. The molecule has 0 aromatic heterocycles. The van der Waals surface area contributed by atoms with E-state index in [4.69, 9.17) is 14.9 Å². The highest BCUT2D eigenvalue weighted by Gasteiger charge is 2.18. The lowest BCUT2D eigenvalue weighted by Gasteiger charge is -2.25. The van der Waals surface area contributed by atoms with Gasteiger partial charge in [0, 0.05) is 19.6 Å². The molecule has 0 heterocycles. The molecular formula is C20H25F2NO4. The summed E-state index contributed by atoms with van der Waals surface area (Å²) >= 11 is 0. The van der Waals surface area contributed by atoms with Crippen LogP contribution in [0.4, 0.5) is 8.78 Å². The van der Waals surface area contributed by atoms with Crippen LogP contribution < -0.4 is 0 Å². The van der Waals surface area contributed by atoms with Crippen LogP contribution >= 0.6 is 0 Å². The third kappa shape index (κ3) is 6.97. The fourth-order valence-electron chi connectivity index (χ4n) is 2.80. The zero-order chi connectivity index (χ0) is 19.6. The molecule has 2 aromatic rings. The molecule has 7 heteroatoms. The first-order valence-electron chi connectivity index (χ1n) is 8.78. The van der Waals surface area contributed by atoms with Crippen LogP contribution in [0.3, 0.4) is 0 Å². The van der Waals surface area contributed by atoms with Crippen LogP contribution in [0.1, 0.15) is 17.2 Å². The molecule has 0 aliphatic heterocycles. The van der Waals surface area contributed by atoms with Gasteiger partial charge >= 0.3 is 0 Å². The van der Waals surface area contributed by atoms with Gasteiger partial charge in [0.1, 0.15) is 17.7 Å². The summed E-state index contributed by atoms with van der Waals surface area (Å²) in [7, 11) is 0. The molecule has 0 bridgehead atoms. The molecule has 0 saturated heterocycles. The van der Waals surface area contributed by atoms with Crippen molar-refractivity contribution in [2.45, 2.75) is 12.2 Å². The maximum absolute atomic E-state index is 13.2. The molecule has 0 fully saturated rings. The van der Waals surface area contributed by atoms with E-state index in [-0.39, 0.29) is 38.0 Å². The number of ether oxygens (including phenoxy) is 1. The third-order valence-electron chi connectivity index (χ3n) is 4.10. The Balaban J connectivity index is 2.07. The second kappa shape index (κ2) is 11.1. The fourth-order valence-corrected chi connectivity index (χ4v) is 2.80. The highest BCUT2D eigenvalue weighted by Crippen LogP contribution is 2.26. The summed E-state index contributed by atoms with van der Waals surface area (Å²) in [6, 6.07) is 11.6. The van der Waals surface area contributed by atoms with Crippen molar-refractivity contribution in [3.05, 3.63) is 71.3 Å². The van der Waals surface area contributed by atoms with Crippen LogP contribution in [-0.4, -0.2) is 65.8 Å². The lowest BCUT2D eigenvalue weighted by atomic mass is 10.0. The van der Waals surface area contributed by atoms with E-state index < -0.39 is 12.2 Å². The maximum Gasteiger partial charge on any atom is 0.123 e. The molecule has 0 saturated carbocycles. The Morgan fingerprint density at radius 1 is 0.815 bits per heavy atom. The van der Waals surface area contributed by atoms with Gasteiger partial charge in [-0.15, -0.1) is 0 Å². The van der Waals surface area contributed by atoms with E-state index in [1.54, 1.807) is 29.2 Å². The SMILES string of the molecule is OCCN(CCO)C[C@H](O)COC(c1ccc(F)cc1)c1ccc(F)cc1. The molecule has 2 rings (SSSR count). The van der Waals surface area contributed by atoms with Crippen molar-refractivity contribution in [1.29, 1.82) is 0 Å². The molecular weight excluding hydrogens is 356 g/mol. The van der Waals surface area contributed by atoms with E-state index in [0.29, 0.717) is 24.2 Å². The van der Waals surface area contributed by atoms with Crippen molar-refractivity contribution >= 4 is 0 Å². The molecule has 2 aromatic carbocycles. The van der Waals surface area contributed by atoms with Gasteiger partial charge in [0.2, 0.25) is 0 Å². The Morgan fingerprint density at radius 3 is 1.67 bits per heavy atom. The summed E-state index contributed by atoms with van der Waals surface area (Å²) in [6.07, 6.45) is -1.45. The molecule has 0 radical (unpaired) electrons. The zero-order valence-corrected chi connectivity index (χ0v) is 15.0. The van der Waals surface area contributed by atoms with E-state index in [0.717, 1.165) is 0 Å². The molecule has 1 atom stereocenters. The van der Waals surface area contributed by atoms with Gasteiger partial charge in [-0.2, -0.15) is 0 Å². The van der Waals surface area contributed by atoms with E-state index in [9.17, 15) is 13.9 Å².